The number of nitrogens with two attached hydrogens (primary N) is 1. The molecular formula is C27H32N6O2. The minimum absolute atomic E-state index is 0.296. The first kappa shape index (κ1) is 23.3. The van der Waals surface area contributed by atoms with E-state index in [9.17, 15) is 0 Å². The Bertz CT molecular complexity index is 1250. The van der Waals surface area contributed by atoms with Crippen LogP contribution in [0.3, 0.4) is 0 Å². The number of hydrogen-bond acceptors (Lipinski definition) is 7. The molecule has 1 fully saturated rings. The van der Waals surface area contributed by atoms with Crippen molar-refractivity contribution in [2.24, 2.45) is 0 Å². The number of morpholine rings is 1. The quantitative estimate of drug-likeness (QED) is 0.366. The van der Waals surface area contributed by atoms with Gasteiger partial charge in [-0.3, -0.25) is 4.90 Å². The summed E-state index contributed by atoms with van der Waals surface area (Å²) in [7, 11) is 0. The third kappa shape index (κ3) is 5.44. The first-order chi connectivity index (χ1) is 17.2. The van der Waals surface area contributed by atoms with Gasteiger partial charge in [-0.1, -0.05) is 67.9 Å². The molecule has 1 aliphatic heterocycles. The second kappa shape index (κ2) is 10.8. The molecule has 0 radical (unpaired) electrons. The molecule has 35 heavy (non-hydrogen) atoms. The van der Waals surface area contributed by atoms with Crippen LogP contribution in [0.2, 0.25) is 0 Å². The summed E-state index contributed by atoms with van der Waals surface area (Å²) in [6.07, 6.45) is 1.97. The number of nitrogen functional groups attached to an aromatic ring is 1. The van der Waals surface area contributed by atoms with Gasteiger partial charge in [0.15, 0.2) is 17.0 Å². The van der Waals surface area contributed by atoms with Crippen molar-refractivity contribution in [1.29, 1.82) is 0 Å². The van der Waals surface area contributed by atoms with E-state index in [1.54, 1.807) is 0 Å². The van der Waals surface area contributed by atoms with Gasteiger partial charge in [0.1, 0.15) is 5.82 Å². The van der Waals surface area contributed by atoms with Crippen LogP contribution in [-0.2, 0) is 17.8 Å². The summed E-state index contributed by atoms with van der Waals surface area (Å²) in [6, 6.07) is 19.2. The standard InChI is InChI=1S/C27H32N6O2/c1-2-3-15-35-27-30-24(28)23-26(31-27)33(19-20-7-5-4-6-8-20)25(29-23)22-11-9-21(10-12-22)18-32-13-16-34-17-14-32/h4-12H,2-3,13-19H2,1H3,(H2,28,30,31). The number of ether oxygens (including phenoxy) is 2. The maximum atomic E-state index is 6.32. The maximum absolute atomic E-state index is 6.32. The predicted octanol–water partition coefficient (Wildman–Crippen LogP) is 4.13. The van der Waals surface area contributed by atoms with Crippen LogP contribution in [0.4, 0.5) is 5.82 Å². The third-order valence-corrected chi connectivity index (χ3v) is 6.24. The van der Waals surface area contributed by atoms with Gasteiger partial charge in [-0.15, -0.1) is 0 Å². The second-order valence-corrected chi connectivity index (χ2v) is 8.86. The van der Waals surface area contributed by atoms with E-state index in [2.05, 4.69) is 57.8 Å². The summed E-state index contributed by atoms with van der Waals surface area (Å²) in [5.41, 5.74) is 11.0. The molecule has 5 rings (SSSR count). The number of fused-ring (bicyclic) bond motifs is 1. The highest BCUT2D eigenvalue weighted by Gasteiger charge is 2.19. The maximum Gasteiger partial charge on any atom is 0.320 e. The summed E-state index contributed by atoms with van der Waals surface area (Å²) >= 11 is 0. The van der Waals surface area contributed by atoms with E-state index < -0.39 is 0 Å². The van der Waals surface area contributed by atoms with Gasteiger partial charge in [0.2, 0.25) is 0 Å². The molecule has 0 atom stereocenters. The monoisotopic (exact) mass is 472 g/mol. The number of anilines is 1. The first-order valence-electron chi connectivity index (χ1n) is 12.3. The number of nitrogens with zero attached hydrogens (tertiary/aromatic N) is 5. The number of hydrogen-bond donors (Lipinski definition) is 1. The van der Waals surface area contributed by atoms with Crippen LogP contribution >= 0.6 is 0 Å². The molecule has 0 spiro atoms. The molecule has 1 saturated heterocycles. The summed E-state index contributed by atoms with van der Waals surface area (Å²) in [4.78, 5) is 16.4. The smallest absolute Gasteiger partial charge is 0.320 e. The fourth-order valence-electron chi connectivity index (χ4n) is 4.29. The molecular weight excluding hydrogens is 440 g/mol. The molecule has 0 saturated carbocycles. The number of unbranched alkanes of at least 4 members (excludes halogenated alkanes) is 1. The van der Waals surface area contributed by atoms with E-state index in [-0.39, 0.29) is 0 Å². The van der Waals surface area contributed by atoms with Gasteiger partial charge in [0.05, 0.1) is 26.4 Å². The predicted molar refractivity (Wildman–Crippen MR) is 137 cm³/mol. The lowest BCUT2D eigenvalue weighted by atomic mass is 10.1. The summed E-state index contributed by atoms with van der Waals surface area (Å²) < 4.78 is 13.4. The van der Waals surface area contributed by atoms with Crippen molar-refractivity contribution in [2.45, 2.75) is 32.9 Å². The van der Waals surface area contributed by atoms with Crippen molar-refractivity contribution in [3.8, 4) is 17.4 Å². The lowest BCUT2D eigenvalue weighted by Gasteiger charge is -2.26. The number of imidazole rings is 1. The number of benzene rings is 2. The lowest BCUT2D eigenvalue weighted by molar-refractivity contribution is 0.0342. The molecule has 2 aromatic heterocycles. The normalized spacial score (nSPS) is 14.4. The van der Waals surface area contributed by atoms with Crippen LogP contribution in [0, 0.1) is 0 Å². The largest absolute Gasteiger partial charge is 0.463 e. The fourth-order valence-corrected chi connectivity index (χ4v) is 4.29. The van der Waals surface area contributed by atoms with Crippen molar-refractivity contribution in [3.05, 3.63) is 65.7 Å². The molecule has 3 heterocycles. The molecule has 0 unspecified atom stereocenters. The molecule has 2 aromatic carbocycles. The minimum atomic E-state index is 0.296. The topological polar surface area (TPSA) is 91.3 Å². The summed E-state index contributed by atoms with van der Waals surface area (Å²) in [5, 5.41) is 0. The Labute approximate surface area is 205 Å². The highest BCUT2D eigenvalue weighted by atomic mass is 16.5. The Kier molecular flexibility index (Phi) is 7.20. The Balaban J connectivity index is 1.50. The van der Waals surface area contributed by atoms with E-state index in [1.165, 1.54) is 5.56 Å². The van der Waals surface area contributed by atoms with E-state index in [4.69, 9.17) is 25.2 Å². The van der Waals surface area contributed by atoms with Crippen LogP contribution in [0.25, 0.3) is 22.6 Å². The van der Waals surface area contributed by atoms with E-state index >= 15 is 0 Å². The zero-order valence-corrected chi connectivity index (χ0v) is 20.2. The summed E-state index contributed by atoms with van der Waals surface area (Å²) in [5.74, 6) is 1.15. The molecule has 1 aliphatic rings. The van der Waals surface area contributed by atoms with E-state index in [0.29, 0.717) is 36.1 Å². The zero-order chi connectivity index (χ0) is 24.0. The Morgan fingerprint density at radius 3 is 2.40 bits per heavy atom. The van der Waals surface area contributed by atoms with Crippen molar-refractivity contribution >= 4 is 17.0 Å². The van der Waals surface area contributed by atoms with Gasteiger partial charge in [-0.05, 0) is 17.5 Å². The van der Waals surface area contributed by atoms with Gasteiger partial charge in [-0.2, -0.15) is 9.97 Å². The van der Waals surface area contributed by atoms with Crippen LogP contribution in [-0.4, -0.2) is 57.3 Å². The molecule has 8 nitrogen and oxygen atoms in total. The molecule has 8 heteroatoms. The van der Waals surface area contributed by atoms with Crippen molar-refractivity contribution in [2.75, 3.05) is 38.6 Å². The third-order valence-electron chi connectivity index (χ3n) is 6.24. The Morgan fingerprint density at radius 1 is 0.914 bits per heavy atom. The highest BCUT2D eigenvalue weighted by Crippen LogP contribution is 2.29. The molecule has 2 N–H and O–H groups in total. The Hall–Kier alpha value is -3.49. The van der Waals surface area contributed by atoms with E-state index in [0.717, 1.165) is 62.6 Å². The van der Waals surface area contributed by atoms with Crippen molar-refractivity contribution in [1.82, 2.24) is 24.4 Å². The number of aromatic nitrogens is 4. The van der Waals surface area contributed by atoms with Gasteiger partial charge in [0.25, 0.3) is 0 Å². The van der Waals surface area contributed by atoms with Crippen LogP contribution < -0.4 is 10.5 Å². The Morgan fingerprint density at radius 2 is 1.66 bits per heavy atom. The van der Waals surface area contributed by atoms with Crippen molar-refractivity contribution in [3.63, 3.8) is 0 Å². The zero-order valence-electron chi connectivity index (χ0n) is 20.2. The average molecular weight is 473 g/mol. The van der Waals surface area contributed by atoms with Gasteiger partial charge in [-0.25, -0.2) is 4.98 Å². The van der Waals surface area contributed by atoms with Crippen LogP contribution in [0.1, 0.15) is 30.9 Å². The summed E-state index contributed by atoms with van der Waals surface area (Å²) in [6.45, 7) is 7.75. The number of rotatable bonds is 9. The molecule has 182 valence electrons. The minimum Gasteiger partial charge on any atom is -0.463 e. The molecule has 0 bridgehead atoms. The highest BCUT2D eigenvalue weighted by molar-refractivity contribution is 5.86. The van der Waals surface area contributed by atoms with Crippen LogP contribution in [0.15, 0.2) is 54.6 Å². The molecule has 4 aromatic rings. The van der Waals surface area contributed by atoms with Gasteiger partial charge < -0.3 is 19.8 Å². The second-order valence-electron chi connectivity index (χ2n) is 8.86. The lowest BCUT2D eigenvalue weighted by Crippen LogP contribution is -2.35. The van der Waals surface area contributed by atoms with Gasteiger partial charge >= 0.3 is 6.01 Å². The average Bonchev–Trinajstić information content (AvgIpc) is 3.25. The van der Waals surface area contributed by atoms with Gasteiger partial charge in [0, 0.05) is 25.2 Å². The molecule has 0 aliphatic carbocycles. The van der Waals surface area contributed by atoms with Crippen molar-refractivity contribution < 1.29 is 9.47 Å². The van der Waals surface area contributed by atoms with E-state index in [1.807, 2.05) is 18.2 Å². The van der Waals surface area contributed by atoms with Crippen LogP contribution in [0.5, 0.6) is 6.01 Å². The SMILES string of the molecule is CCCCOc1nc(N)c2nc(-c3ccc(CN4CCOCC4)cc3)n(Cc3ccccc3)c2n1. The first-order valence-corrected chi connectivity index (χ1v) is 12.3. The molecule has 0 amide bonds. The fraction of sp³-hybridized carbons (Fsp3) is 0.370.